The number of rotatable bonds is 3. The van der Waals surface area contributed by atoms with Crippen LogP contribution in [-0.2, 0) is 9.59 Å². The number of hydrogen-bond donors (Lipinski definition) is 0. The van der Waals surface area contributed by atoms with Crippen molar-refractivity contribution in [1.82, 2.24) is 0 Å². The van der Waals surface area contributed by atoms with Gasteiger partial charge in [-0.1, -0.05) is 35.4 Å². The zero-order valence-corrected chi connectivity index (χ0v) is 16.8. The maximum atomic E-state index is 13.2. The summed E-state index contributed by atoms with van der Waals surface area (Å²) < 4.78 is 5.81. The van der Waals surface area contributed by atoms with Gasteiger partial charge in [-0.05, 0) is 72.6 Å². The summed E-state index contributed by atoms with van der Waals surface area (Å²) in [5.74, 6) is 2.22. The van der Waals surface area contributed by atoms with Gasteiger partial charge in [0.05, 0.1) is 22.5 Å². The van der Waals surface area contributed by atoms with E-state index in [9.17, 15) is 9.59 Å². The van der Waals surface area contributed by atoms with Crippen LogP contribution in [0.1, 0.15) is 6.42 Å². The van der Waals surface area contributed by atoms with Crippen LogP contribution in [0.4, 0.5) is 5.69 Å². The van der Waals surface area contributed by atoms with Crippen LogP contribution in [0.2, 0.25) is 10.0 Å². The van der Waals surface area contributed by atoms with Crippen molar-refractivity contribution in [2.45, 2.75) is 6.42 Å². The van der Waals surface area contributed by atoms with E-state index >= 15 is 0 Å². The van der Waals surface area contributed by atoms with Gasteiger partial charge in [0.25, 0.3) is 0 Å². The Bertz CT molecular complexity index is 1040. The lowest BCUT2D eigenvalue weighted by atomic mass is 9.63. The summed E-state index contributed by atoms with van der Waals surface area (Å²) in [6, 6.07) is 12.0. The molecule has 2 amide bonds. The highest BCUT2D eigenvalue weighted by Crippen LogP contribution is 2.65. The Morgan fingerprint density at radius 3 is 2.07 bits per heavy atom. The molecule has 5 aliphatic rings. The predicted octanol–water partition coefficient (Wildman–Crippen LogP) is 5.34. The lowest BCUT2D eigenvalue weighted by Crippen LogP contribution is -2.40. The minimum absolute atomic E-state index is 0.0564. The molecule has 2 aromatic carbocycles. The van der Waals surface area contributed by atoms with Crippen molar-refractivity contribution in [2.24, 2.45) is 35.5 Å². The third-order valence-electron chi connectivity index (χ3n) is 6.88. The fourth-order valence-electron chi connectivity index (χ4n) is 5.56. The number of anilines is 1. The van der Waals surface area contributed by atoms with Crippen molar-refractivity contribution in [2.75, 3.05) is 4.90 Å². The van der Waals surface area contributed by atoms with E-state index in [1.807, 2.05) is 0 Å². The van der Waals surface area contributed by atoms with Crippen molar-refractivity contribution in [3.05, 3.63) is 64.7 Å². The Hall–Kier alpha value is -2.30. The number of halogens is 2. The van der Waals surface area contributed by atoms with E-state index in [2.05, 4.69) is 12.2 Å². The molecule has 3 fully saturated rings. The van der Waals surface area contributed by atoms with Crippen molar-refractivity contribution >= 4 is 40.7 Å². The number of hydrogen-bond acceptors (Lipinski definition) is 3. The molecule has 146 valence electrons. The third kappa shape index (κ3) is 2.52. The minimum Gasteiger partial charge on any atom is -0.456 e. The van der Waals surface area contributed by atoms with E-state index in [0.29, 0.717) is 39.1 Å². The van der Waals surface area contributed by atoms with Gasteiger partial charge < -0.3 is 4.74 Å². The quantitative estimate of drug-likeness (QED) is 0.492. The number of amides is 2. The molecule has 0 radical (unpaired) electrons. The van der Waals surface area contributed by atoms with E-state index in [4.69, 9.17) is 27.9 Å². The SMILES string of the molecule is O=C1C2C3C=CC(C4CC34)C2C(=O)N1c1ccc(Oc2ccc(Cl)cc2Cl)cc1. The number of imide groups is 1. The van der Waals surface area contributed by atoms with Gasteiger partial charge in [0.1, 0.15) is 11.5 Å². The molecule has 6 unspecified atom stereocenters. The molecule has 4 aliphatic carbocycles. The summed E-state index contributed by atoms with van der Waals surface area (Å²) in [5.41, 5.74) is 0.594. The molecule has 4 nitrogen and oxygen atoms in total. The van der Waals surface area contributed by atoms with Crippen LogP contribution in [0, 0.1) is 35.5 Å². The van der Waals surface area contributed by atoms with Crippen LogP contribution in [-0.4, -0.2) is 11.8 Å². The summed E-state index contributed by atoms with van der Waals surface area (Å²) in [6.07, 6.45) is 5.53. The number of ether oxygens (including phenoxy) is 1. The van der Waals surface area contributed by atoms with Gasteiger partial charge in [-0.2, -0.15) is 0 Å². The molecular formula is C23H17Cl2NO3. The Morgan fingerprint density at radius 1 is 0.862 bits per heavy atom. The first kappa shape index (κ1) is 17.5. The lowest BCUT2D eigenvalue weighted by molar-refractivity contribution is -0.124. The van der Waals surface area contributed by atoms with Gasteiger partial charge in [0.2, 0.25) is 11.8 Å². The Kier molecular flexibility index (Phi) is 3.69. The van der Waals surface area contributed by atoms with E-state index in [1.54, 1.807) is 42.5 Å². The van der Waals surface area contributed by atoms with Crippen LogP contribution in [0.25, 0.3) is 0 Å². The van der Waals surface area contributed by atoms with E-state index in [-0.39, 0.29) is 35.5 Å². The average molecular weight is 426 g/mol. The number of benzene rings is 2. The number of nitrogens with zero attached hydrogens (tertiary/aromatic N) is 1. The van der Waals surface area contributed by atoms with E-state index in [1.165, 1.54) is 4.90 Å². The topological polar surface area (TPSA) is 46.6 Å². The molecule has 1 saturated heterocycles. The standard InChI is InChI=1S/C23H17Cl2NO3/c24-11-1-8-19(18(25)9-11)29-13-4-2-12(3-5-13)26-22(27)20-14-6-7-15(17-10-16(14)17)21(20)23(26)28/h1-9,14-17,20-21H,10H2. The molecule has 0 N–H and O–H groups in total. The van der Waals surface area contributed by atoms with Crippen LogP contribution in [0.15, 0.2) is 54.6 Å². The monoisotopic (exact) mass is 425 g/mol. The first-order valence-corrected chi connectivity index (χ1v) is 10.6. The summed E-state index contributed by atoms with van der Waals surface area (Å²) in [4.78, 5) is 27.7. The molecule has 29 heavy (non-hydrogen) atoms. The van der Waals surface area contributed by atoms with Gasteiger partial charge in [-0.3, -0.25) is 14.5 Å². The highest BCUT2D eigenvalue weighted by Gasteiger charge is 2.67. The van der Waals surface area contributed by atoms with Gasteiger partial charge in [-0.15, -0.1) is 0 Å². The third-order valence-corrected chi connectivity index (χ3v) is 7.41. The Labute approximate surface area is 178 Å². The largest absolute Gasteiger partial charge is 0.456 e. The molecule has 2 saturated carbocycles. The molecule has 0 aromatic heterocycles. The molecule has 1 heterocycles. The molecule has 1 aliphatic heterocycles. The Morgan fingerprint density at radius 2 is 1.48 bits per heavy atom. The molecule has 2 bridgehead atoms. The molecule has 0 spiro atoms. The summed E-state index contributed by atoms with van der Waals surface area (Å²) in [5, 5.41) is 0.948. The van der Waals surface area contributed by atoms with Gasteiger partial charge in [0.15, 0.2) is 0 Å². The zero-order valence-electron chi connectivity index (χ0n) is 15.3. The van der Waals surface area contributed by atoms with Crippen LogP contribution in [0.3, 0.4) is 0 Å². The minimum atomic E-state index is -0.190. The smallest absolute Gasteiger partial charge is 0.238 e. The Balaban J connectivity index is 1.26. The fourth-order valence-corrected chi connectivity index (χ4v) is 6.01. The maximum absolute atomic E-state index is 13.2. The first-order valence-electron chi connectivity index (χ1n) is 9.82. The molecular weight excluding hydrogens is 409 g/mol. The highest BCUT2D eigenvalue weighted by molar-refractivity contribution is 6.35. The summed E-state index contributed by atoms with van der Waals surface area (Å²) in [7, 11) is 0. The maximum Gasteiger partial charge on any atom is 0.238 e. The number of carbonyl (C=O) groups excluding carboxylic acids is 2. The lowest BCUT2D eigenvalue weighted by Gasteiger charge is -2.37. The second-order valence-corrected chi connectivity index (χ2v) is 9.18. The van der Waals surface area contributed by atoms with Gasteiger partial charge >= 0.3 is 0 Å². The van der Waals surface area contributed by atoms with Gasteiger partial charge in [0, 0.05) is 5.02 Å². The normalized spacial score (nSPS) is 33.7. The van der Waals surface area contributed by atoms with Crippen LogP contribution < -0.4 is 9.64 Å². The number of carbonyl (C=O) groups is 2. The molecule has 2 aromatic rings. The highest BCUT2D eigenvalue weighted by atomic mass is 35.5. The summed E-state index contributed by atoms with van der Waals surface area (Å²) >= 11 is 12.1. The second kappa shape index (κ2) is 6.10. The van der Waals surface area contributed by atoms with Crippen LogP contribution in [0.5, 0.6) is 11.5 Å². The van der Waals surface area contributed by atoms with Gasteiger partial charge in [-0.25, -0.2) is 0 Å². The molecule has 6 atom stereocenters. The predicted molar refractivity (Wildman–Crippen MR) is 110 cm³/mol. The fraction of sp³-hybridized carbons (Fsp3) is 0.304. The molecule has 7 rings (SSSR count). The van der Waals surface area contributed by atoms with E-state index in [0.717, 1.165) is 6.42 Å². The summed E-state index contributed by atoms with van der Waals surface area (Å²) in [6.45, 7) is 0. The zero-order chi connectivity index (χ0) is 19.9. The van der Waals surface area contributed by atoms with Crippen molar-refractivity contribution in [3.63, 3.8) is 0 Å². The second-order valence-electron chi connectivity index (χ2n) is 8.34. The number of allylic oxidation sites excluding steroid dienone is 2. The first-order chi connectivity index (χ1) is 14.0. The average Bonchev–Trinajstić information content (AvgIpc) is 3.49. The van der Waals surface area contributed by atoms with Crippen molar-refractivity contribution in [3.8, 4) is 11.5 Å². The van der Waals surface area contributed by atoms with Crippen LogP contribution >= 0.6 is 23.2 Å². The van der Waals surface area contributed by atoms with Crippen molar-refractivity contribution in [1.29, 1.82) is 0 Å². The van der Waals surface area contributed by atoms with Crippen molar-refractivity contribution < 1.29 is 14.3 Å². The molecule has 6 heteroatoms. The van der Waals surface area contributed by atoms with E-state index < -0.39 is 0 Å².